The van der Waals surface area contributed by atoms with Crippen LogP contribution in [0.4, 0.5) is 0 Å². The van der Waals surface area contributed by atoms with Crippen LogP contribution >= 0.6 is 0 Å². The van der Waals surface area contributed by atoms with Gasteiger partial charge < -0.3 is 14.7 Å². The highest BCUT2D eigenvalue weighted by Crippen LogP contribution is 2.44. The molecule has 5 atom stereocenters. The molecule has 5 nitrogen and oxygen atoms in total. The molecule has 0 aliphatic carbocycles. The van der Waals surface area contributed by atoms with Crippen LogP contribution in [0.15, 0.2) is 41.3 Å². The largest absolute Gasteiger partial charge is 0.507 e. The molecule has 5 unspecified atom stereocenters. The van der Waals surface area contributed by atoms with E-state index < -0.39 is 6.10 Å². The maximum atomic E-state index is 13.1. The van der Waals surface area contributed by atoms with Gasteiger partial charge in [0.25, 0.3) is 5.56 Å². The molecule has 2 aromatic rings. The molecule has 1 N–H and O–H groups in total. The molecule has 5 heteroatoms. The summed E-state index contributed by atoms with van der Waals surface area (Å²) >= 11 is 0. The molecular weight excluding hydrogens is 354 g/mol. The van der Waals surface area contributed by atoms with Crippen molar-refractivity contribution in [3.63, 3.8) is 0 Å². The Morgan fingerprint density at radius 3 is 2.54 bits per heavy atom. The summed E-state index contributed by atoms with van der Waals surface area (Å²) in [4.78, 5) is 18.4. The molecule has 152 valence electrons. The van der Waals surface area contributed by atoms with Gasteiger partial charge in [0.1, 0.15) is 12.9 Å². The maximum absolute atomic E-state index is 13.1. The van der Waals surface area contributed by atoms with E-state index >= 15 is 0 Å². The number of benzene rings is 1. The normalized spacial score (nSPS) is 26.0. The van der Waals surface area contributed by atoms with Crippen molar-refractivity contribution in [1.82, 2.24) is 4.73 Å². The maximum Gasteiger partial charge on any atom is 0.292 e. The van der Waals surface area contributed by atoms with Crippen LogP contribution in [0.5, 0.6) is 5.75 Å². The summed E-state index contributed by atoms with van der Waals surface area (Å²) < 4.78 is 7.66. The topological polar surface area (TPSA) is 60.7 Å². The Hall–Kier alpha value is -2.27. The third kappa shape index (κ3) is 3.68. The van der Waals surface area contributed by atoms with Crippen LogP contribution in [0.2, 0.25) is 0 Å². The molecule has 1 aromatic heterocycles. The van der Waals surface area contributed by atoms with Gasteiger partial charge in [-0.2, -0.15) is 4.73 Å². The predicted molar refractivity (Wildman–Crippen MR) is 110 cm³/mol. The molecule has 0 bridgehead atoms. The smallest absolute Gasteiger partial charge is 0.292 e. The molecule has 1 aliphatic heterocycles. The van der Waals surface area contributed by atoms with E-state index in [1.807, 2.05) is 30.3 Å². The highest BCUT2D eigenvalue weighted by molar-refractivity contribution is 5.70. The second-order valence-electron chi connectivity index (χ2n) is 8.08. The minimum Gasteiger partial charge on any atom is -0.507 e. The van der Waals surface area contributed by atoms with E-state index in [0.717, 1.165) is 18.4 Å². The third-order valence-corrected chi connectivity index (χ3v) is 6.08. The average molecular weight is 386 g/mol. The number of aromatic nitrogens is 1. The number of rotatable bonds is 5. The van der Waals surface area contributed by atoms with Gasteiger partial charge in [0.2, 0.25) is 0 Å². The lowest BCUT2D eigenvalue weighted by atomic mass is 9.79. The highest BCUT2D eigenvalue weighted by atomic mass is 16.6. The fourth-order valence-electron chi connectivity index (χ4n) is 4.38. The van der Waals surface area contributed by atoms with Gasteiger partial charge in [-0.25, -0.2) is 0 Å². The Balaban J connectivity index is 2.13. The average Bonchev–Trinajstić information content (AvgIpc) is 2.70. The van der Waals surface area contributed by atoms with Gasteiger partial charge in [0.05, 0.1) is 24.0 Å². The van der Waals surface area contributed by atoms with Crippen LogP contribution in [0.3, 0.4) is 0 Å². The standard InChI is InChI=1S/C23H31NO4/c1-6-14(2)21-15(3)12-16(4)22(28-21)19-20(25)18(13-24(27-5)23(19)26)17-10-8-7-9-11-17/h7-11,13-16,21-22,25H,6,12H2,1-5H3. The van der Waals surface area contributed by atoms with Crippen molar-refractivity contribution < 1.29 is 14.7 Å². The van der Waals surface area contributed by atoms with Crippen LogP contribution in [0.1, 0.15) is 52.2 Å². The first-order valence-electron chi connectivity index (χ1n) is 10.1. The van der Waals surface area contributed by atoms with Crippen molar-refractivity contribution in [2.24, 2.45) is 17.8 Å². The first-order valence-corrected chi connectivity index (χ1v) is 10.1. The molecule has 1 aromatic carbocycles. The van der Waals surface area contributed by atoms with Crippen LogP contribution < -0.4 is 10.4 Å². The molecule has 0 spiro atoms. The highest BCUT2D eigenvalue weighted by Gasteiger charge is 2.39. The van der Waals surface area contributed by atoms with Gasteiger partial charge in [0.15, 0.2) is 0 Å². The number of pyridine rings is 1. The first kappa shape index (κ1) is 20.5. The molecule has 1 aliphatic rings. The molecule has 0 amide bonds. The van der Waals surface area contributed by atoms with Crippen LogP contribution in [-0.2, 0) is 4.74 Å². The fourth-order valence-corrected chi connectivity index (χ4v) is 4.38. The molecule has 0 radical (unpaired) electrons. The zero-order chi connectivity index (χ0) is 20.4. The first-order chi connectivity index (χ1) is 13.4. The lowest BCUT2D eigenvalue weighted by Crippen LogP contribution is -2.41. The van der Waals surface area contributed by atoms with E-state index in [-0.39, 0.29) is 28.9 Å². The zero-order valence-corrected chi connectivity index (χ0v) is 17.4. The third-order valence-electron chi connectivity index (χ3n) is 6.08. The minimum atomic E-state index is -0.465. The number of aromatic hydroxyl groups is 1. The molecule has 1 saturated heterocycles. The molecular formula is C23H31NO4. The molecule has 3 rings (SSSR count). The Morgan fingerprint density at radius 1 is 1.25 bits per heavy atom. The van der Waals surface area contributed by atoms with Gasteiger partial charge in [-0.1, -0.05) is 64.4 Å². The quantitative estimate of drug-likeness (QED) is 0.827. The Morgan fingerprint density at radius 2 is 1.93 bits per heavy atom. The monoisotopic (exact) mass is 385 g/mol. The van der Waals surface area contributed by atoms with E-state index in [4.69, 9.17) is 9.57 Å². The van der Waals surface area contributed by atoms with Crippen LogP contribution in [0, 0.1) is 17.8 Å². The van der Waals surface area contributed by atoms with Gasteiger partial charge in [-0.15, -0.1) is 0 Å². The Labute approximate surface area is 166 Å². The summed E-state index contributed by atoms with van der Waals surface area (Å²) in [6, 6.07) is 9.52. The number of ether oxygens (including phenoxy) is 1. The Kier molecular flexibility index (Phi) is 6.14. The summed E-state index contributed by atoms with van der Waals surface area (Å²) in [6.07, 6.45) is 3.09. The second-order valence-corrected chi connectivity index (χ2v) is 8.08. The van der Waals surface area contributed by atoms with Gasteiger partial charge >= 0.3 is 0 Å². The van der Waals surface area contributed by atoms with Crippen molar-refractivity contribution in [3.05, 3.63) is 52.4 Å². The van der Waals surface area contributed by atoms with E-state index in [0.29, 0.717) is 17.4 Å². The van der Waals surface area contributed by atoms with Crippen molar-refractivity contribution >= 4 is 0 Å². The lowest BCUT2D eigenvalue weighted by molar-refractivity contribution is -0.132. The summed E-state index contributed by atoms with van der Waals surface area (Å²) in [5, 5.41) is 11.1. The van der Waals surface area contributed by atoms with Gasteiger partial charge in [0, 0.05) is 5.56 Å². The van der Waals surface area contributed by atoms with Crippen molar-refractivity contribution in [2.75, 3.05) is 7.11 Å². The summed E-state index contributed by atoms with van der Waals surface area (Å²) in [6.45, 7) is 8.62. The van der Waals surface area contributed by atoms with Crippen LogP contribution in [0.25, 0.3) is 11.1 Å². The fraction of sp³-hybridized carbons (Fsp3) is 0.522. The summed E-state index contributed by atoms with van der Waals surface area (Å²) in [7, 11) is 1.45. The van der Waals surface area contributed by atoms with Gasteiger partial charge in [-0.05, 0) is 29.7 Å². The SMILES string of the molecule is CCC(C)C1OC(c2c(O)c(-c3ccccc3)cn(OC)c2=O)C(C)CC1C. The summed E-state index contributed by atoms with van der Waals surface area (Å²) in [5.74, 6) is 0.892. The van der Waals surface area contributed by atoms with E-state index in [9.17, 15) is 9.90 Å². The number of hydrogen-bond donors (Lipinski definition) is 1. The molecule has 2 heterocycles. The van der Waals surface area contributed by atoms with Crippen molar-refractivity contribution in [1.29, 1.82) is 0 Å². The molecule has 28 heavy (non-hydrogen) atoms. The zero-order valence-electron chi connectivity index (χ0n) is 17.4. The van der Waals surface area contributed by atoms with E-state index in [1.54, 1.807) is 6.20 Å². The summed E-state index contributed by atoms with van der Waals surface area (Å²) in [5.41, 5.74) is 1.30. The Bertz CT molecular complexity index is 861. The predicted octanol–water partition coefficient (Wildman–Crippen LogP) is 4.43. The van der Waals surface area contributed by atoms with Gasteiger partial charge in [-0.3, -0.25) is 4.79 Å². The molecule has 1 fully saturated rings. The number of hydrogen-bond acceptors (Lipinski definition) is 4. The van der Waals surface area contributed by atoms with E-state index in [2.05, 4.69) is 27.7 Å². The van der Waals surface area contributed by atoms with E-state index in [1.165, 1.54) is 11.8 Å². The van der Waals surface area contributed by atoms with Crippen LogP contribution in [-0.4, -0.2) is 23.1 Å². The van der Waals surface area contributed by atoms with Crippen molar-refractivity contribution in [2.45, 2.75) is 52.7 Å². The van der Waals surface area contributed by atoms with Crippen molar-refractivity contribution in [3.8, 4) is 16.9 Å². The lowest BCUT2D eigenvalue weighted by Gasteiger charge is -2.42. The number of nitrogens with zero attached hydrogens (tertiary/aromatic N) is 1. The minimum absolute atomic E-state index is 0.0150. The molecule has 0 saturated carbocycles. The second kappa shape index (κ2) is 8.39.